The van der Waals surface area contributed by atoms with E-state index in [1.54, 1.807) is 24.3 Å². The molecule has 5 aromatic rings. The lowest BCUT2D eigenvalue weighted by Crippen LogP contribution is -2.35. The molecule has 7 nitrogen and oxygen atoms in total. The van der Waals surface area contributed by atoms with Crippen molar-refractivity contribution in [2.45, 2.75) is 51.8 Å². The molecule has 0 spiro atoms. The first-order chi connectivity index (χ1) is 19.7. The standard InChI is InChI=1S/C33H34N4O3Si/c1-22-15-23(16-26-20-36(35-31(22)26)21-40-13-14-41(2,3)4)17-30(29-18-24-9-5-6-10-25(24)19-34-29)37-32(38)27-11-7-8-12-28(27)33(37)39/h5-12,15-16,18-20,30H,13-14,17,21H2,1-4H3. The van der Waals surface area contributed by atoms with Gasteiger partial charge in [0.2, 0.25) is 0 Å². The number of hydrogen-bond acceptors (Lipinski definition) is 5. The Kier molecular flexibility index (Phi) is 7.05. The summed E-state index contributed by atoms with van der Waals surface area (Å²) in [4.78, 5) is 33.3. The van der Waals surface area contributed by atoms with Crippen LogP contribution in [0, 0.1) is 6.92 Å². The van der Waals surface area contributed by atoms with Gasteiger partial charge in [0.05, 0.1) is 28.4 Å². The lowest BCUT2D eigenvalue weighted by molar-refractivity contribution is 0.0578. The molecule has 0 saturated carbocycles. The molecule has 1 aliphatic heterocycles. The van der Waals surface area contributed by atoms with Crippen LogP contribution in [0.2, 0.25) is 25.7 Å². The van der Waals surface area contributed by atoms with Crippen LogP contribution >= 0.6 is 0 Å². The van der Waals surface area contributed by atoms with Gasteiger partial charge in [-0.15, -0.1) is 0 Å². The first-order valence-electron chi connectivity index (χ1n) is 14.0. The largest absolute Gasteiger partial charge is 0.360 e. The molecule has 2 aromatic heterocycles. The number of fused-ring (bicyclic) bond motifs is 3. The Morgan fingerprint density at radius 1 is 0.878 bits per heavy atom. The van der Waals surface area contributed by atoms with Crippen molar-refractivity contribution < 1.29 is 14.3 Å². The van der Waals surface area contributed by atoms with E-state index in [1.165, 1.54) is 4.90 Å². The third kappa shape index (κ3) is 5.45. The van der Waals surface area contributed by atoms with E-state index in [2.05, 4.69) is 31.8 Å². The minimum Gasteiger partial charge on any atom is -0.360 e. The molecule has 3 heterocycles. The zero-order chi connectivity index (χ0) is 28.7. The molecule has 6 rings (SSSR count). The average molecular weight is 563 g/mol. The second-order valence-corrected chi connectivity index (χ2v) is 17.7. The van der Waals surface area contributed by atoms with Gasteiger partial charge in [0, 0.05) is 37.8 Å². The molecule has 1 aliphatic rings. The van der Waals surface area contributed by atoms with E-state index in [0.717, 1.165) is 45.5 Å². The smallest absolute Gasteiger partial charge is 0.262 e. The maximum absolute atomic E-state index is 13.6. The summed E-state index contributed by atoms with van der Waals surface area (Å²) in [6.45, 7) is 10.2. The van der Waals surface area contributed by atoms with Gasteiger partial charge in [-0.3, -0.25) is 19.5 Å². The van der Waals surface area contributed by atoms with Gasteiger partial charge in [-0.1, -0.05) is 62.1 Å². The zero-order valence-corrected chi connectivity index (χ0v) is 24.9. The Morgan fingerprint density at radius 3 is 2.27 bits per heavy atom. The molecule has 208 valence electrons. The van der Waals surface area contributed by atoms with E-state index in [1.807, 2.05) is 54.3 Å². The van der Waals surface area contributed by atoms with E-state index in [9.17, 15) is 9.59 Å². The molecule has 2 amide bonds. The zero-order valence-electron chi connectivity index (χ0n) is 23.9. The summed E-state index contributed by atoms with van der Waals surface area (Å²) in [5, 5.41) is 7.78. The number of imide groups is 1. The maximum atomic E-state index is 13.6. The lowest BCUT2D eigenvalue weighted by Gasteiger charge is -2.26. The molecule has 0 bridgehead atoms. The number of nitrogens with zero attached hydrogens (tertiary/aromatic N) is 4. The lowest BCUT2D eigenvalue weighted by atomic mass is 9.97. The van der Waals surface area contributed by atoms with E-state index in [4.69, 9.17) is 14.8 Å². The van der Waals surface area contributed by atoms with E-state index >= 15 is 0 Å². The fraction of sp³-hybridized carbons (Fsp3) is 0.273. The highest BCUT2D eigenvalue weighted by Gasteiger charge is 2.41. The van der Waals surface area contributed by atoms with Crippen LogP contribution in [0.3, 0.4) is 0 Å². The van der Waals surface area contributed by atoms with Crippen LogP contribution in [0.25, 0.3) is 21.7 Å². The van der Waals surface area contributed by atoms with Gasteiger partial charge in [-0.05, 0) is 60.2 Å². The van der Waals surface area contributed by atoms with Crippen molar-refractivity contribution in [1.82, 2.24) is 19.7 Å². The minimum absolute atomic E-state index is 0.286. The van der Waals surface area contributed by atoms with Crippen molar-refractivity contribution in [2.75, 3.05) is 6.61 Å². The van der Waals surface area contributed by atoms with Gasteiger partial charge in [-0.2, -0.15) is 5.10 Å². The number of carbonyl (C=O) groups excluding carboxylic acids is 2. The average Bonchev–Trinajstić information content (AvgIpc) is 3.48. The predicted molar refractivity (Wildman–Crippen MR) is 164 cm³/mol. The molecular weight excluding hydrogens is 528 g/mol. The Bertz CT molecular complexity index is 1750. The minimum atomic E-state index is -1.16. The second kappa shape index (κ2) is 10.7. The van der Waals surface area contributed by atoms with Crippen molar-refractivity contribution in [3.63, 3.8) is 0 Å². The van der Waals surface area contributed by atoms with Crippen LogP contribution in [-0.4, -0.2) is 46.2 Å². The monoisotopic (exact) mass is 562 g/mol. The molecule has 8 heteroatoms. The summed E-state index contributed by atoms with van der Waals surface area (Å²) in [6, 6.07) is 21.7. The van der Waals surface area contributed by atoms with Crippen molar-refractivity contribution in [2.24, 2.45) is 0 Å². The Labute approximate surface area is 240 Å². The van der Waals surface area contributed by atoms with Crippen LogP contribution in [0.1, 0.15) is 43.6 Å². The van der Waals surface area contributed by atoms with Gasteiger partial charge in [0.15, 0.2) is 0 Å². The molecule has 0 saturated heterocycles. The number of aryl methyl sites for hydroxylation is 1. The normalized spacial score (nSPS) is 14.3. The molecule has 0 radical (unpaired) electrons. The second-order valence-electron chi connectivity index (χ2n) is 12.1. The van der Waals surface area contributed by atoms with E-state index in [0.29, 0.717) is 30.0 Å². The number of amides is 2. The number of hydrogen-bond donors (Lipinski definition) is 0. The van der Waals surface area contributed by atoms with Crippen molar-refractivity contribution in [3.05, 3.63) is 107 Å². The van der Waals surface area contributed by atoms with Crippen molar-refractivity contribution in [1.29, 1.82) is 0 Å². The highest BCUT2D eigenvalue weighted by molar-refractivity contribution is 6.76. The van der Waals surface area contributed by atoms with Crippen LogP contribution in [0.4, 0.5) is 0 Å². The first-order valence-corrected chi connectivity index (χ1v) is 17.7. The fourth-order valence-electron chi connectivity index (χ4n) is 5.48. The summed E-state index contributed by atoms with van der Waals surface area (Å²) in [6.07, 6.45) is 4.26. The summed E-state index contributed by atoms with van der Waals surface area (Å²) in [7, 11) is -1.16. The van der Waals surface area contributed by atoms with Crippen LogP contribution < -0.4 is 0 Å². The molecule has 1 atom stereocenters. The van der Waals surface area contributed by atoms with E-state index < -0.39 is 14.1 Å². The quantitative estimate of drug-likeness (QED) is 0.112. The van der Waals surface area contributed by atoms with Gasteiger partial charge in [0.25, 0.3) is 11.8 Å². The van der Waals surface area contributed by atoms with Gasteiger partial charge >= 0.3 is 0 Å². The molecule has 1 unspecified atom stereocenters. The molecule has 0 N–H and O–H groups in total. The van der Waals surface area contributed by atoms with Gasteiger partial charge in [0.1, 0.15) is 6.73 Å². The maximum Gasteiger partial charge on any atom is 0.262 e. The summed E-state index contributed by atoms with van der Waals surface area (Å²) in [5.74, 6) is -0.571. The van der Waals surface area contributed by atoms with Crippen LogP contribution in [0.15, 0.2) is 79.1 Å². The highest BCUT2D eigenvalue weighted by atomic mass is 28.3. The fourth-order valence-corrected chi connectivity index (χ4v) is 6.24. The summed E-state index contributed by atoms with van der Waals surface area (Å²) >= 11 is 0. The van der Waals surface area contributed by atoms with Gasteiger partial charge < -0.3 is 4.74 Å². The van der Waals surface area contributed by atoms with Crippen molar-refractivity contribution in [3.8, 4) is 0 Å². The van der Waals surface area contributed by atoms with Crippen molar-refractivity contribution >= 4 is 41.6 Å². The number of rotatable bonds is 9. The molecule has 0 aliphatic carbocycles. The number of carbonyl (C=O) groups is 2. The van der Waals surface area contributed by atoms with Gasteiger partial charge in [-0.25, -0.2) is 4.68 Å². The summed E-state index contributed by atoms with van der Waals surface area (Å²) < 4.78 is 7.77. The summed E-state index contributed by atoms with van der Waals surface area (Å²) in [5.41, 5.74) is 4.51. The molecular formula is C33H34N4O3Si. The predicted octanol–water partition coefficient (Wildman–Crippen LogP) is 6.79. The Balaban J connectivity index is 1.34. The van der Waals surface area contributed by atoms with Crippen LogP contribution in [-0.2, 0) is 17.9 Å². The van der Waals surface area contributed by atoms with E-state index in [-0.39, 0.29) is 11.8 Å². The first kappa shape index (κ1) is 27.0. The number of benzene rings is 3. The molecule has 0 fully saturated rings. The third-order valence-electron chi connectivity index (χ3n) is 7.69. The number of aromatic nitrogens is 3. The Hall–Kier alpha value is -4.14. The highest BCUT2D eigenvalue weighted by Crippen LogP contribution is 2.35. The third-order valence-corrected chi connectivity index (χ3v) is 9.39. The topological polar surface area (TPSA) is 77.3 Å². The Morgan fingerprint density at radius 2 is 1.56 bits per heavy atom. The molecule has 3 aromatic carbocycles. The number of ether oxygens (including phenoxy) is 1. The van der Waals surface area contributed by atoms with Crippen LogP contribution in [0.5, 0.6) is 0 Å². The SMILES string of the molecule is Cc1cc(CC(c2cc3ccccc3cn2)N2C(=O)c3ccccc3C2=O)cc2cn(COCC[Si](C)(C)C)nc12. The molecule has 41 heavy (non-hydrogen) atoms. The number of pyridine rings is 1.